The van der Waals surface area contributed by atoms with Gasteiger partial charge in [-0.05, 0) is 5.39 Å². The Hall–Kier alpha value is -1.96. The lowest BCUT2D eigenvalue weighted by Crippen LogP contribution is -2.07. The van der Waals surface area contributed by atoms with E-state index in [1.165, 1.54) is 0 Å². The summed E-state index contributed by atoms with van der Waals surface area (Å²) < 4.78 is 0. The zero-order valence-corrected chi connectivity index (χ0v) is 8.10. The van der Waals surface area contributed by atoms with Crippen molar-refractivity contribution in [3.05, 3.63) is 47.8 Å². The molecule has 0 saturated heterocycles. The maximum Gasteiger partial charge on any atom is 0.185 e. The van der Waals surface area contributed by atoms with E-state index in [0.29, 0.717) is 12.1 Å². The van der Waals surface area contributed by atoms with Crippen LogP contribution in [0, 0.1) is 0 Å². The van der Waals surface area contributed by atoms with Gasteiger partial charge in [-0.1, -0.05) is 36.4 Å². The minimum atomic E-state index is 0.109. The topological polar surface area (TPSA) is 30.0 Å². The molecule has 1 aromatic heterocycles. The van der Waals surface area contributed by atoms with Gasteiger partial charge in [-0.2, -0.15) is 0 Å². The van der Waals surface area contributed by atoms with Gasteiger partial charge in [0.2, 0.25) is 0 Å². The van der Waals surface area contributed by atoms with E-state index in [1.54, 1.807) is 6.20 Å². The molecule has 0 fully saturated rings. The van der Waals surface area contributed by atoms with Gasteiger partial charge in [0.1, 0.15) is 5.69 Å². The van der Waals surface area contributed by atoms with Crippen molar-refractivity contribution in [1.29, 1.82) is 0 Å². The molecule has 2 aromatic rings. The highest BCUT2D eigenvalue weighted by Gasteiger charge is 2.16. The molecule has 1 aromatic carbocycles. The minimum absolute atomic E-state index is 0.109. The van der Waals surface area contributed by atoms with Crippen LogP contribution < -0.4 is 0 Å². The number of carbonyl (C=O) groups is 1. The fourth-order valence-electron chi connectivity index (χ4n) is 1.96. The number of benzene rings is 1. The maximum atomic E-state index is 11.6. The molecule has 2 nitrogen and oxygen atoms in total. The molecular formula is C13H9NO. The van der Waals surface area contributed by atoms with E-state index >= 15 is 0 Å². The van der Waals surface area contributed by atoms with Gasteiger partial charge in [0, 0.05) is 23.6 Å². The zero-order chi connectivity index (χ0) is 10.3. The number of nitrogens with zero attached hydrogens (tertiary/aromatic N) is 1. The van der Waals surface area contributed by atoms with E-state index in [4.69, 9.17) is 0 Å². The lowest BCUT2D eigenvalue weighted by atomic mass is 9.97. The molecule has 0 radical (unpaired) electrons. The van der Waals surface area contributed by atoms with Crippen LogP contribution in [-0.4, -0.2) is 10.8 Å². The molecule has 0 atom stereocenters. The predicted octanol–water partition coefficient (Wildman–Crippen LogP) is 2.83. The van der Waals surface area contributed by atoms with Crippen molar-refractivity contribution < 1.29 is 4.79 Å². The molecule has 0 N–H and O–H groups in total. The van der Waals surface area contributed by atoms with Gasteiger partial charge in [-0.25, -0.2) is 0 Å². The monoisotopic (exact) mass is 195 g/mol. The predicted molar refractivity (Wildman–Crippen MR) is 59.7 cm³/mol. The molecule has 0 spiro atoms. The van der Waals surface area contributed by atoms with Gasteiger partial charge < -0.3 is 0 Å². The molecule has 0 amide bonds. The molecule has 2 heteroatoms. The van der Waals surface area contributed by atoms with E-state index in [1.807, 2.05) is 36.4 Å². The van der Waals surface area contributed by atoms with Crippen molar-refractivity contribution in [2.45, 2.75) is 6.42 Å². The van der Waals surface area contributed by atoms with Crippen LogP contribution in [0.4, 0.5) is 0 Å². The van der Waals surface area contributed by atoms with Crippen LogP contribution >= 0.6 is 0 Å². The van der Waals surface area contributed by atoms with E-state index in [9.17, 15) is 4.79 Å². The maximum absolute atomic E-state index is 11.6. The average Bonchev–Trinajstić information content (AvgIpc) is 2.29. The number of carbonyl (C=O) groups excluding carboxylic acids is 1. The first kappa shape index (κ1) is 8.36. The zero-order valence-electron chi connectivity index (χ0n) is 8.10. The summed E-state index contributed by atoms with van der Waals surface area (Å²) in [5, 5.41) is 2.18. The second-order valence-corrected chi connectivity index (χ2v) is 3.64. The second kappa shape index (κ2) is 3.02. The molecule has 0 bridgehead atoms. The summed E-state index contributed by atoms with van der Waals surface area (Å²) in [6.07, 6.45) is 6.13. The normalized spacial score (nSPS) is 14.3. The van der Waals surface area contributed by atoms with Gasteiger partial charge in [0.05, 0.1) is 0 Å². The van der Waals surface area contributed by atoms with Gasteiger partial charge in [0.25, 0.3) is 0 Å². The fraction of sp³-hybridized carbons (Fsp3) is 0.0769. The SMILES string of the molecule is O=C1CC=Cc2c1ncc1ccccc21. The number of allylic oxidation sites excluding steroid dienone is 1. The average molecular weight is 195 g/mol. The summed E-state index contributed by atoms with van der Waals surface area (Å²) in [4.78, 5) is 15.8. The Balaban J connectivity index is 2.44. The highest BCUT2D eigenvalue weighted by Crippen LogP contribution is 2.25. The number of pyridine rings is 1. The van der Waals surface area contributed by atoms with E-state index in [2.05, 4.69) is 4.98 Å². The quantitative estimate of drug-likeness (QED) is 0.647. The van der Waals surface area contributed by atoms with Crippen LogP contribution in [0.3, 0.4) is 0 Å². The highest BCUT2D eigenvalue weighted by molar-refractivity contribution is 6.06. The Morgan fingerprint density at radius 1 is 1.20 bits per heavy atom. The number of rotatable bonds is 0. The van der Waals surface area contributed by atoms with Crippen LogP contribution in [0.25, 0.3) is 16.8 Å². The minimum Gasteiger partial charge on any atom is -0.292 e. The number of aromatic nitrogens is 1. The van der Waals surface area contributed by atoms with Crippen molar-refractivity contribution in [2.75, 3.05) is 0 Å². The third-order valence-corrected chi connectivity index (χ3v) is 2.69. The number of ketones is 1. The molecular weight excluding hydrogens is 186 g/mol. The Morgan fingerprint density at radius 3 is 3.00 bits per heavy atom. The summed E-state index contributed by atoms with van der Waals surface area (Å²) >= 11 is 0. The van der Waals surface area contributed by atoms with Gasteiger partial charge in [-0.15, -0.1) is 0 Å². The molecule has 1 heterocycles. The summed E-state index contributed by atoms with van der Waals surface area (Å²) in [5.41, 5.74) is 1.57. The molecule has 0 unspecified atom stereocenters. The second-order valence-electron chi connectivity index (χ2n) is 3.64. The lowest BCUT2D eigenvalue weighted by Gasteiger charge is -2.10. The standard InChI is InChI=1S/C13H9NO/c15-12-7-3-6-11-10-5-2-1-4-9(10)8-14-13(11)12/h1-6,8H,7H2. The van der Waals surface area contributed by atoms with Crippen molar-refractivity contribution in [1.82, 2.24) is 4.98 Å². The van der Waals surface area contributed by atoms with Crippen LogP contribution in [-0.2, 0) is 0 Å². The van der Waals surface area contributed by atoms with Crippen molar-refractivity contribution in [2.24, 2.45) is 0 Å². The molecule has 1 aliphatic carbocycles. The Labute approximate surface area is 87.3 Å². The van der Waals surface area contributed by atoms with E-state index < -0.39 is 0 Å². The molecule has 3 rings (SSSR count). The summed E-state index contributed by atoms with van der Waals surface area (Å²) in [6.45, 7) is 0. The summed E-state index contributed by atoms with van der Waals surface area (Å²) in [5.74, 6) is 0.109. The third kappa shape index (κ3) is 1.18. The van der Waals surface area contributed by atoms with Crippen LogP contribution in [0.15, 0.2) is 36.5 Å². The summed E-state index contributed by atoms with van der Waals surface area (Å²) in [6, 6.07) is 7.99. The number of fused-ring (bicyclic) bond motifs is 3. The largest absolute Gasteiger partial charge is 0.292 e. The van der Waals surface area contributed by atoms with Crippen molar-refractivity contribution >= 4 is 22.6 Å². The highest BCUT2D eigenvalue weighted by atomic mass is 16.1. The van der Waals surface area contributed by atoms with Gasteiger partial charge in [0.15, 0.2) is 5.78 Å². The molecule has 0 saturated carbocycles. The number of hydrogen-bond donors (Lipinski definition) is 0. The fourth-order valence-corrected chi connectivity index (χ4v) is 1.96. The van der Waals surface area contributed by atoms with E-state index in [-0.39, 0.29) is 5.78 Å². The van der Waals surface area contributed by atoms with Gasteiger partial charge in [-0.3, -0.25) is 9.78 Å². The first-order valence-electron chi connectivity index (χ1n) is 4.94. The first-order chi connectivity index (χ1) is 7.36. The van der Waals surface area contributed by atoms with Crippen LogP contribution in [0.2, 0.25) is 0 Å². The van der Waals surface area contributed by atoms with Gasteiger partial charge >= 0.3 is 0 Å². The molecule has 72 valence electrons. The Kier molecular flexibility index (Phi) is 1.68. The number of hydrogen-bond acceptors (Lipinski definition) is 2. The molecule has 1 aliphatic rings. The Bertz CT molecular complexity index is 584. The first-order valence-corrected chi connectivity index (χ1v) is 4.94. The van der Waals surface area contributed by atoms with Crippen LogP contribution in [0.5, 0.6) is 0 Å². The van der Waals surface area contributed by atoms with E-state index in [0.717, 1.165) is 16.3 Å². The smallest absolute Gasteiger partial charge is 0.185 e. The van der Waals surface area contributed by atoms with Crippen LogP contribution in [0.1, 0.15) is 22.5 Å². The summed E-state index contributed by atoms with van der Waals surface area (Å²) in [7, 11) is 0. The van der Waals surface area contributed by atoms with Crippen molar-refractivity contribution in [3.63, 3.8) is 0 Å². The third-order valence-electron chi connectivity index (χ3n) is 2.69. The van der Waals surface area contributed by atoms with Crippen molar-refractivity contribution in [3.8, 4) is 0 Å². The molecule has 15 heavy (non-hydrogen) atoms. The molecule has 0 aliphatic heterocycles. The lowest BCUT2D eigenvalue weighted by molar-refractivity contribution is 0.0990. The Morgan fingerprint density at radius 2 is 2.07 bits per heavy atom. The number of Topliss-reactive ketones (excluding diaryl/α,β-unsaturated/α-hetero) is 1.